The molecular weight excluding hydrogens is 299 g/mol. The summed E-state index contributed by atoms with van der Waals surface area (Å²) in [6.07, 6.45) is 0.822. The highest BCUT2D eigenvalue weighted by atomic mass is 79.9. The fraction of sp³-hybridized carbons (Fsp3) is 0.462. The molecule has 0 aliphatic carbocycles. The first-order valence-corrected chi connectivity index (χ1v) is 6.68. The molecule has 0 bridgehead atoms. The van der Waals surface area contributed by atoms with Crippen LogP contribution in [0.2, 0.25) is 0 Å². The van der Waals surface area contributed by atoms with Crippen molar-refractivity contribution >= 4 is 27.5 Å². The van der Waals surface area contributed by atoms with Gasteiger partial charge in [-0.1, -0.05) is 20.3 Å². The number of anilines is 1. The van der Waals surface area contributed by atoms with Gasteiger partial charge in [0.1, 0.15) is 5.82 Å². The van der Waals surface area contributed by atoms with Crippen LogP contribution in [0.3, 0.4) is 0 Å². The van der Waals surface area contributed by atoms with Crippen molar-refractivity contribution < 1.29 is 9.18 Å². The lowest BCUT2D eigenvalue weighted by atomic mass is 9.99. The average Bonchev–Trinajstić information content (AvgIpc) is 2.33. The third-order valence-electron chi connectivity index (χ3n) is 3.08. The third kappa shape index (κ3) is 3.53. The zero-order valence-corrected chi connectivity index (χ0v) is 12.3. The fourth-order valence-electron chi connectivity index (χ4n) is 1.51. The van der Waals surface area contributed by atoms with Gasteiger partial charge in [-0.2, -0.15) is 0 Å². The number of amides is 1. The zero-order chi connectivity index (χ0) is 13.9. The topological polar surface area (TPSA) is 55.1 Å². The smallest absolute Gasteiger partial charge is 0.241 e. The van der Waals surface area contributed by atoms with Gasteiger partial charge in [0, 0.05) is 5.69 Å². The molecule has 1 amide bonds. The molecule has 1 aromatic rings. The number of nitrogens with two attached hydrogens (primary N) is 1. The first-order valence-electron chi connectivity index (χ1n) is 5.88. The second-order valence-corrected chi connectivity index (χ2v) is 5.34. The van der Waals surface area contributed by atoms with Gasteiger partial charge in [-0.25, -0.2) is 4.39 Å². The molecule has 3 nitrogen and oxygen atoms in total. The summed E-state index contributed by atoms with van der Waals surface area (Å²) >= 11 is 3.10. The van der Waals surface area contributed by atoms with Crippen LogP contribution in [-0.4, -0.2) is 11.9 Å². The molecule has 0 fully saturated rings. The van der Waals surface area contributed by atoms with E-state index in [1.807, 2.05) is 13.8 Å². The minimum absolute atomic E-state index is 0.0885. The number of hydrogen-bond donors (Lipinski definition) is 2. The van der Waals surface area contributed by atoms with Gasteiger partial charge in [-0.3, -0.25) is 4.79 Å². The monoisotopic (exact) mass is 316 g/mol. The van der Waals surface area contributed by atoms with Crippen LogP contribution >= 0.6 is 15.9 Å². The fourth-order valence-corrected chi connectivity index (χ4v) is 1.97. The van der Waals surface area contributed by atoms with Crippen molar-refractivity contribution in [1.29, 1.82) is 0 Å². The Morgan fingerprint density at radius 2 is 2.17 bits per heavy atom. The van der Waals surface area contributed by atoms with Gasteiger partial charge in [0.05, 0.1) is 10.5 Å². The molecule has 1 aromatic carbocycles. The van der Waals surface area contributed by atoms with Crippen molar-refractivity contribution in [2.24, 2.45) is 11.7 Å². The van der Waals surface area contributed by atoms with Crippen LogP contribution in [0.15, 0.2) is 16.6 Å². The van der Waals surface area contributed by atoms with E-state index < -0.39 is 11.9 Å². The third-order valence-corrected chi connectivity index (χ3v) is 3.69. The number of benzene rings is 1. The van der Waals surface area contributed by atoms with Crippen LogP contribution in [-0.2, 0) is 4.79 Å². The SMILES string of the molecule is CCC(C)[C@H](N)C(=O)Nc1cc(F)c(Br)cc1C. The van der Waals surface area contributed by atoms with Gasteiger partial charge in [0.25, 0.3) is 0 Å². The van der Waals surface area contributed by atoms with E-state index in [1.54, 1.807) is 13.0 Å². The molecule has 0 heterocycles. The summed E-state index contributed by atoms with van der Waals surface area (Å²) in [5, 5.41) is 2.67. The number of carbonyl (C=O) groups excluding carboxylic acids is 1. The van der Waals surface area contributed by atoms with Crippen LogP contribution in [0.4, 0.5) is 10.1 Å². The van der Waals surface area contributed by atoms with E-state index in [9.17, 15) is 9.18 Å². The van der Waals surface area contributed by atoms with Crippen LogP contribution in [0.1, 0.15) is 25.8 Å². The maximum Gasteiger partial charge on any atom is 0.241 e. The normalized spacial score (nSPS) is 14.1. The maximum atomic E-state index is 13.4. The summed E-state index contributed by atoms with van der Waals surface area (Å²) in [6, 6.07) is 2.33. The van der Waals surface area contributed by atoms with Crippen LogP contribution in [0, 0.1) is 18.7 Å². The van der Waals surface area contributed by atoms with E-state index in [4.69, 9.17) is 5.73 Å². The van der Waals surface area contributed by atoms with Gasteiger partial charge in [0.15, 0.2) is 0 Å². The molecule has 0 saturated carbocycles. The molecule has 0 saturated heterocycles. The molecule has 0 radical (unpaired) electrons. The Morgan fingerprint density at radius 3 is 2.72 bits per heavy atom. The van der Waals surface area contributed by atoms with Crippen molar-refractivity contribution in [2.75, 3.05) is 5.32 Å². The number of hydrogen-bond acceptors (Lipinski definition) is 2. The Kier molecular flexibility index (Phi) is 5.28. The van der Waals surface area contributed by atoms with Gasteiger partial charge >= 0.3 is 0 Å². The van der Waals surface area contributed by atoms with E-state index in [0.717, 1.165) is 12.0 Å². The molecule has 2 atom stereocenters. The summed E-state index contributed by atoms with van der Waals surface area (Å²) in [5.41, 5.74) is 7.07. The molecule has 1 unspecified atom stereocenters. The summed E-state index contributed by atoms with van der Waals surface area (Å²) in [5.74, 6) is -0.604. The second-order valence-electron chi connectivity index (χ2n) is 4.48. The number of rotatable bonds is 4. The summed E-state index contributed by atoms with van der Waals surface area (Å²) in [7, 11) is 0. The van der Waals surface area contributed by atoms with Crippen molar-refractivity contribution in [3.63, 3.8) is 0 Å². The van der Waals surface area contributed by atoms with Crippen LogP contribution in [0.25, 0.3) is 0 Å². The van der Waals surface area contributed by atoms with Crippen molar-refractivity contribution in [3.05, 3.63) is 28.0 Å². The molecule has 1 rings (SSSR count). The van der Waals surface area contributed by atoms with Crippen LogP contribution < -0.4 is 11.1 Å². The molecule has 18 heavy (non-hydrogen) atoms. The second kappa shape index (κ2) is 6.29. The average molecular weight is 317 g/mol. The molecule has 100 valence electrons. The lowest BCUT2D eigenvalue weighted by molar-refractivity contribution is -0.118. The largest absolute Gasteiger partial charge is 0.324 e. The lowest BCUT2D eigenvalue weighted by Crippen LogP contribution is -2.40. The van der Waals surface area contributed by atoms with Gasteiger partial charge < -0.3 is 11.1 Å². The lowest BCUT2D eigenvalue weighted by Gasteiger charge is -2.18. The van der Waals surface area contributed by atoms with Crippen LogP contribution in [0.5, 0.6) is 0 Å². The molecule has 0 aliphatic rings. The van der Waals surface area contributed by atoms with E-state index in [0.29, 0.717) is 10.2 Å². The van der Waals surface area contributed by atoms with Crippen molar-refractivity contribution in [3.8, 4) is 0 Å². The number of carbonyl (C=O) groups is 1. The first kappa shape index (κ1) is 15.1. The highest BCUT2D eigenvalue weighted by molar-refractivity contribution is 9.10. The Hall–Kier alpha value is -0.940. The molecular formula is C13H18BrFN2O. The predicted octanol–water partition coefficient (Wildman–Crippen LogP) is 3.21. The van der Waals surface area contributed by atoms with Gasteiger partial charge in [-0.15, -0.1) is 0 Å². The highest BCUT2D eigenvalue weighted by Gasteiger charge is 2.20. The van der Waals surface area contributed by atoms with E-state index in [2.05, 4.69) is 21.2 Å². The van der Waals surface area contributed by atoms with E-state index >= 15 is 0 Å². The Morgan fingerprint density at radius 1 is 1.56 bits per heavy atom. The molecule has 3 N–H and O–H groups in total. The number of nitrogens with one attached hydrogen (secondary N) is 1. The van der Waals surface area contributed by atoms with Gasteiger partial charge in [0.2, 0.25) is 5.91 Å². The van der Waals surface area contributed by atoms with E-state index in [1.165, 1.54) is 6.07 Å². The molecule has 0 spiro atoms. The summed E-state index contributed by atoms with van der Waals surface area (Å²) < 4.78 is 13.8. The Balaban J connectivity index is 2.85. The molecule has 0 aromatic heterocycles. The maximum absolute atomic E-state index is 13.4. The first-order chi connectivity index (χ1) is 8.36. The summed E-state index contributed by atoms with van der Waals surface area (Å²) in [4.78, 5) is 11.9. The van der Waals surface area contributed by atoms with E-state index in [-0.39, 0.29) is 11.8 Å². The Bertz CT molecular complexity index is 451. The molecule has 0 aliphatic heterocycles. The Labute approximate surface area is 115 Å². The minimum atomic E-state index is -0.582. The zero-order valence-electron chi connectivity index (χ0n) is 10.8. The number of aryl methyl sites for hydroxylation is 1. The van der Waals surface area contributed by atoms with Crippen molar-refractivity contribution in [2.45, 2.75) is 33.2 Å². The molecule has 5 heteroatoms. The highest BCUT2D eigenvalue weighted by Crippen LogP contribution is 2.24. The predicted molar refractivity (Wildman–Crippen MR) is 74.9 cm³/mol. The standard InChI is InChI=1S/C13H18BrFN2O/c1-4-7(2)12(16)13(18)17-11-6-10(15)9(14)5-8(11)3/h5-7,12H,4,16H2,1-3H3,(H,17,18)/t7?,12-/m0/s1. The number of halogens is 2. The van der Waals surface area contributed by atoms with Gasteiger partial charge in [-0.05, 0) is 46.5 Å². The quantitative estimate of drug-likeness (QED) is 0.896. The summed E-state index contributed by atoms with van der Waals surface area (Å²) in [6.45, 7) is 5.69. The van der Waals surface area contributed by atoms with Crippen molar-refractivity contribution in [1.82, 2.24) is 0 Å². The minimum Gasteiger partial charge on any atom is -0.324 e.